The van der Waals surface area contributed by atoms with E-state index >= 15 is 0 Å². The zero-order chi connectivity index (χ0) is 61.0. The first kappa shape index (κ1) is 64.7. The van der Waals surface area contributed by atoms with Gasteiger partial charge in [0.05, 0.1) is 49.5 Å². The van der Waals surface area contributed by atoms with Gasteiger partial charge in [-0.3, -0.25) is 0 Å². The number of hydrogen-bond acceptors (Lipinski definition) is 25. The number of allylic oxidation sites excluding steroid dienone is 3. The molecule has 0 aromatic heterocycles. The summed E-state index contributed by atoms with van der Waals surface area (Å²) in [6.07, 6.45) is -32.2. The Morgan fingerprint density at radius 2 is 1.31 bits per heavy atom. The van der Waals surface area contributed by atoms with E-state index in [4.69, 9.17) is 42.6 Å². The van der Waals surface area contributed by atoms with Crippen molar-refractivity contribution in [2.75, 3.05) is 26.4 Å². The Balaban J connectivity index is 1.04. The van der Waals surface area contributed by atoms with Gasteiger partial charge in [-0.2, -0.15) is 0 Å². The summed E-state index contributed by atoms with van der Waals surface area (Å²) < 4.78 is 54.1. The smallest absolute Gasteiger partial charge is 0.335 e. The summed E-state index contributed by atoms with van der Waals surface area (Å²) in [5.41, 5.74) is -4.21. The Bertz CT molecular complexity index is 2420. The van der Waals surface area contributed by atoms with Crippen LogP contribution in [0.5, 0.6) is 0 Å². The number of carbonyl (C=O) groups is 3. The first-order valence-corrected chi connectivity index (χ1v) is 29.0. The first-order chi connectivity index (χ1) is 38.9. The molecular formula is C57H88O26. The van der Waals surface area contributed by atoms with Crippen LogP contribution in [-0.2, 0) is 57.0 Å². The number of carboxylic acid groups (broad SMARTS) is 1. The molecule has 8 fully saturated rings. The fourth-order valence-corrected chi connectivity index (χ4v) is 16.7. The zero-order valence-electron chi connectivity index (χ0n) is 48.1. The number of aldehydes is 1. The quantitative estimate of drug-likeness (QED) is 0.0279. The average Bonchev–Trinajstić information content (AvgIpc) is 0.906. The lowest BCUT2D eigenvalue weighted by Gasteiger charge is -2.72. The van der Waals surface area contributed by atoms with E-state index < -0.39 is 218 Å². The van der Waals surface area contributed by atoms with Gasteiger partial charge in [0.1, 0.15) is 97.8 Å². The number of aliphatic hydroxyl groups is 13. The van der Waals surface area contributed by atoms with Crippen LogP contribution in [0.1, 0.15) is 100 Å². The summed E-state index contributed by atoms with van der Waals surface area (Å²) in [4.78, 5) is 40.4. The Labute approximate surface area is 480 Å². The van der Waals surface area contributed by atoms with Crippen molar-refractivity contribution in [2.24, 2.45) is 50.2 Å². The van der Waals surface area contributed by atoms with Crippen molar-refractivity contribution in [2.45, 2.75) is 235 Å². The zero-order valence-corrected chi connectivity index (χ0v) is 48.1. The Kier molecular flexibility index (Phi) is 18.4. The molecule has 0 aromatic rings. The number of hydrogen-bond donors (Lipinski definition) is 14. The Morgan fingerprint density at radius 3 is 1.94 bits per heavy atom. The van der Waals surface area contributed by atoms with Gasteiger partial charge in [0.2, 0.25) is 0 Å². The van der Waals surface area contributed by atoms with Gasteiger partial charge in [0.25, 0.3) is 0 Å². The molecule has 4 saturated heterocycles. The summed E-state index contributed by atoms with van der Waals surface area (Å²) in [7, 11) is 0. The van der Waals surface area contributed by atoms with Gasteiger partial charge in [-0.25, -0.2) is 9.59 Å². The highest BCUT2D eigenvalue weighted by atomic mass is 16.8. The van der Waals surface area contributed by atoms with E-state index in [2.05, 4.69) is 26.8 Å². The molecule has 0 bridgehead atoms. The minimum atomic E-state index is -2.27. The van der Waals surface area contributed by atoms with Crippen LogP contribution in [0.2, 0.25) is 0 Å². The van der Waals surface area contributed by atoms with E-state index in [0.717, 1.165) is 11.9 Å². The molecule has 0 unspecified atom stereocenters. The van der Waals surface area contributed by atoms with Gasteiger partial charge in [-0.15, -0.1) is 0 Å². The highest BCUT2D eigenvalue weighted by Gasteiger charge is 2.73. The van der Waals surface area contributed by atoms with Gasteiger partial charge in [0.15, 0.2) is 31.3 Å². The summed E-state index contributed by atoms with van der Waals surface area (Å²) in [5.74, 6) is -3.45. The van der Waals surface area contributed by atoms with Crippen LogP contribution in [0.3, 0.4) is 0 Å². The van der Waals surface area contributed by atoms with E-state index in [9.17, 15) is 85.9 Å². The summed E-state index contributed by atoms with van der Waals surface area (Å²) >= 11 is 0. The van der Waals surface area contributed by atoms with Gasteiger partial charge in [-0.1, -0.05) is 59.3 Å². The molecule has 5 aliphatic carbocycles. The second kappa shape index (κ2) is 23.6. The standard InChI is InChI=1S/C57H88O26/c1-9-23(2)47(74)83-45-44(71)57(22-60)25(16-52(45,3)4)24-10-11-30-53(5)14-13-32(54(6,21-59)29(53)12-15-55(30,7)56(24,8)17-31(57)63)78-51-43(82-49-38(69)36(67)35(66)28(18-58)77-49)40(39(70)41(80-51)46(72)73)79-50-42(34(65)27(62)20-76-50)81-48-37(68)33(64)26(61)19-75-48/h9-10,21,25-45,48-51,58,60-71H,11-20,22H2,1-8H3,(H,72,73)/b23-9-/t25-,26+,27-,28+,29+,30+,31+,32+,33+,34+,35+,36-,37+,38-,39+,40+,41+,42+,43-,44+,45-,48+,49-,50+,51+,53+,54+,55-,56+,57+/m1/s1. The number of carbonyl (C=O) groups excluding carboxylic acids is 2. The van der Waals surface area contributed by atoms with Crippen LogP contribution in [0.25, 0.3) is 0 Å². The van der Waals surface area contributed by atoms with Gasteiger partial charge in [-0.05, 0) is 92.8 Å². The van der Waals surface area contributed by atoms with Crippen molar-refractivity contribution in [3.8, 4) is 0 Å². The van der Waals surface area contributed by atoms with E-state index in [1.807, 2.05) is 13.8 Å². The van der Waals surface area contributed by atoms with Crippen LogP contribution >= 0.6 is 0 Å². The summed E-state index contributed by atoms with van der Waals surface area (Å²) in [6.45, 7) is 12.7. The van der Waals surface area contributed by atoms with Gasteiger partial charge >= 0.3 is 11.9 Å². The predicted molar refractivity (Wildman–Crippen MR) is 279 cm³/mol. The van der Waals surface area contributed by atoms with Crippen LogP contribution in [0.4, 0.5) is 0 Å². The molecule has 0 aromatic carbocycles. The third-order valence-electron chi connectivity index (χ3n) is 21.9. The summed E-state index contributed by atoms with van der Waals surface area (Å²) in [6, 6.07) is 0. The van der Waals surface area contributed by atoms with Crippen molar-refractivity contribution in [1.29, 1.82) is 0 Å². The molecule has 472 valence electrons. The van der Waals surface area contributed by atoms with Crippen molar-refractivity contribution in [1.82, 2.24) is 0 Å². The van der Waals surface area contributed by atoms with Crippen molar-refractivity contribution >= 4 is 18.2 Å². The number of aliphatic carboxylic acids is 1. The largest absolute Gasteiger partial charge is 0.479 e. The number of fused-ring (bicyclic) bond motifs is 7. The highest BCUT2D eigenvalue weighted by Crippen LogP contribution is 2.76. The Morgan fingerprint density at radius 1 is 0.687 bits per heavy atom. The number of ether oxygens (including phenoxy) is 9. The second-order valence-corrected chi connectivity index (χ2v) is 26.7. The van der Waals surface area contributed by atoms with Crippen molar-refractivity contribution < 1.29 is 129 Å². The lowest BCUT2D eigenvalue weighted by molar-refractivity contribution is -0.398. The third-order valence-corrected chi connectivity index (χ3v) is 21.9. The lowest BCUT2D eigenvalue weighted by atomic mass is 9.33. The van der Waals surface area contributed by atoms with Crippen molar-refractivity contribution in [3.63, 3.8) is 0 Å². The van der Waals surface area contributed by atoms with E-state index in [1.165, 1.54) is 0 Å². The monoisotopic (exact) mass is 1190 g/mol. The Hall–Kier alpha value is -2.75. The number of rotatable bonds is 14. The molecule has 30 atom stereocenters. The molecule has 4 saturated carbocycles. The maximum absolute atomic E-state index is 14.1. The number of esters is 1. The van der Waals surface area contributed by atoms with Crippen LogP contribution in [0.15, 0.2) is 23.3 Å². The molecule has 0 radical (unpaired) electrons. The number of carboxylic acids is 1. The van der Waals surface area contributed by atoms with Crippen LogP contribution in [0, 0.1) is 50.2 Å². The molecule has 9 aliphatic rings. The highest BCUT2D eigenvalue weighted by molar-refractivity contribution is 5.87. The maximum Gasteiger partial charge on any atom is 0.335 e. The molecule has 26 nitrogen and oxygen atoms in total. The second-order valence-electron chi connectivity index (χ2n) is 26.7. The van der Waals surface area contributed by atoms with Crippen LogP contribution in [-0.4, -0.2) is 251 Å². The molecule has 14 N–H and O–H groups in total. The number of aliphatic hydroxyl groups excluding tert-OH is 13. The molecule has 0 amide bonds. The molecule has 4 aliphatic heterocycles. The maximum atomic E-state index is 14.1. The van der Waals surface area contributed by atoms with E-state index in [-0.39, 0.29) is 18.8 Å². The van der Waals surface area contributed by atoms with Gasteiger partial charge < -0.3 is 119 Å². The molecule has 9 rings (SSSR count). The normalized spacial score (nSPS) is 52.6. The molecule has 83 heavy (non-hydrogen) atoms. The van der Waals surface area contributed by atoms with E-state index in [0.29, 0.717) is 37.7 Å². The fourth-order valence-electron chi connectivity index (χ4n) is 16.7. The molecule has 4 heterocycles. The predicted octanol–water partition coefficient (Wildman–Crippen LogP) is -2.58. The van der Waals surface area contributed by atoms with Crippen molar-refractivity contribution in [3.05, 3.63) is 23.3 Å². The fraction of sp³-hybridized carbons (Fsp3) is 0.877. The van der Waals surface area contributed by atoms with Gasteiger partial charge in [0, 0.05) is 11.0 Å². The lowest BCUT2D eigenvalue weighted by Crippen LogP contribution is -2.72. The minimum Gasteiger partial charge on any atom is -0.479 e. The molecular weight excluding hydrogens is 1100 g/mol. The topological polar surface area (TPSA) is 418 Å². The first-order valence-electron chi connectivity index (χ1n) is 29.0. The molecule has 0 spiro atoms. The summed E-state index contributed by atoms with van der Waals surface area (Å²) in [5, 5.41) is 155. The SMILES string of the molecule is C/C=C(/C)C(=O)O[C@@H]1[C@H](O)[C@@]2(CO)[C@H](CC1(C)C)C1=CC[C@H]3[C@@]4(C)CC[C@H](O[C@H]5O[C@H](C(=O)O)[C@@H](O)[C@H](O[C@@H]6OC[C@@H](O)[C@H](O)[C@@H]6O[C@@H]6OC[C@H](O)[C@H](O)[C@@H]6O)[C@H]5O[C@H]5O[C@@H](CO)[C@H](O)[C@@H](O)[C@H]5O)[C@@](C)(C=O)[C@H]4CC[C@@]3(C)[C@@]1(C)C[C@@H]2O. The minimum absolute atomic E-state index is 0.128. The molecule has 26 heteroatoms. The van der Waals surface area contributed by atoms with E-state index in [1.54, 1.807) is 26.8 Å². The average molecular weight is 1190 g/mol. The van der Waals surface area contributed by atoms with Crippen LogP contribution < -0.4 is 0 Å². The third kappa shape index (κ3) is 10.4.